The van der Waals surface area contributed by atoms with E-state index >= 15 is 0 Å². The lowest BCUT2D eigenvalue weighted by Gasteiger charge is -2.25. The molecule has 0 spiro atoms. The number of nitrogens with one attached hydrogen (secondary N) is 1. The first-order chi connectivity index (χ1) is 8.24. The zero-order valence-electron chi connectivity index (χ0n) is 9.98. The number of aromatic hydroxyl groups is 1. The van der Waals surface area contributed by atoms with Crippen molar-refractivity contribution in [2.45, 2.75) is 18.6 Å². The van der Waals surface area contributed by atoms with E-state index in [1.165, 1.54) is 6.20 Å². The lowest BCUT2D eigenvalue weighted by atomic mass is 10.0. The van der Waals surface area contributed by atoms with Crippen LogP contribution in [-0.2, 0) is 16.0 Å². The summed E-state index contributed by atoms with van der Waals surface area (Å²) in [6.45, 7) is 2.80. The first-order valence-corrected chi connectivity index (χ1v) is 5.72. The van der Waals surface area contributed by atoms with Crippen LogP contribution in [0.1, 0.15) is 12.1 Å². The van der Waals surface area contributed by atoms with Gasteiger partial charge >= 0.3 is 0 Å². The standard InChI is InChI=1S/C12H18N2O3/c1-16-12(4-5-17-9-12)8-13-6-10-2-3-11(15)7-14-10/h2-3,7,13,15H,4-6,8-9H2,1H3. The van der Waals surface area contributed by atoms with Gasteiger partial charge < -0.3 is 19.9 Å². The minimum Gasteiger partial charge on any atom is -0.506 e. The first kappa shape index (κ1) is 12.3. The molecule has 2 rings (SSSR count). The molecule has 1 unspecified atom stereocenters. The van der Waals surface area contributed by atoms with E-state index in [1.54, 1.807) is 19.2 Å². The van der Waals surface area contributed by atoms with E-state index < -0.39 is 0 Å². The average molecular weight is 238 g/mol. The summed E-state index contributed by atoms with van der Waals surface area (Å²) in [6, 6.07) is 3.43. The van der Waals surface area contributed by atoms with Gasteiger partial charge in [-0.1, -0.05) is 0 Å². The van der Waals surface area contributed by atoms with Crippen molar-refractivity contribution in [3.8, 4) is 5.75 Å². The Hall–Kier alpha value is -1.17. The summed E-state index contributed by atoms with van der Waals surface area (Å²) in [5.74, 6) is 0.186. The summed E-state index contributed by atoms with van der Waals surface area (Å²) in [6.07, 6.45) is 2.36. The molecule has 1 saturated heterocycles. The molecule has 0 bridgehead atoms. The van der Waals surface area contributed by atoms with Crippen molar-refractivity contribution >= 4 is 0 Å². The number of methoxy groups -OCH3 is 1. The molecule has 1 aromatic heterocycles. The normalized spacial score (nSPS) is 24.1. The van der Waals surface area contributed by atoms with Gasteiger partial charge in [-0.05, 0) is 12.1 Å². The van der Waals surface area contributed by atoms with Crippen LogP contribution < -0.4 is 5.32 Å². The number of hydrogen-bond donors (Lipinski definition) is 2. The second-order valence-electron chi connectivity index (χ2n) is 4.30. The molecule has 0 saturated carbocycles. The molecule has 0 radical (unpaired) electrons. The zero-order chi connectivity index (χ0) is 12.1. The summed E-state index contributed by atoms with van der Waals surface area (Å²) in [5, 5.41) is 12.4. The van der Waals surface area contributed by atoms with Gasteiger partial charge in [0.2, 0.25) is 0 Å². The highest BCUT2D eigenvalue weighted by molar-refractivity contribution is 5.17. The predicted octanol–water partition coefficient (Wildman–Crippen LogP) is 0.682. The highest BCUT2D eigenvalue weighted by Gasteiger charge is 2.34. The maximum atomic E-state index is 9.11. The van der Waals surface area contributed by atoms with E-state index in [2.05, 4.69) is 10.3 Å². The molecule has 0 aromatic carbocycles. The molecular weight excluding hydrogens is 220 g/mol. The van der Waals surface area contributed by atoms with Gasteiger partial charge in [-0.25, -0.2) is 0 Å². The molecule has 0 amide bonds. The van der Waals surface area contributed by atoms with Crippen LogP contribution in [0.4, 0.5) is 0 Å². The molecule has 1 fully saturated rings. The lowest BCUT2D eigenvalue weighted by Crippen LogP contribution is -2.42. The van der Waals surface area contributed by atoms with Gasteiger partial charge in [-0.15, -0.1) is 0 Å². The Morgan fingerprint density at radius 3 is 3.06 bits per heavy atom. The average Bonchev–Trinajstić information content (AvgIpc) is 2.81. The Bertz CT molecular complexity index is 347. The Labute approximate surface area is 101 Å². The third kappa shape index (κ3) is 3.15. The van der Waals surface area contributed by atoms with Crippen LogP contribution in [-0.4, -0.2) is 42.6 Å². The van der Waals surface area contributed by atoms with E-state index in [9.17, 15) is 0 Å². The number of aromatic nitrogens is 1. The third-order valence-corrected chi connectivity index (χ3v) is 3.06. The fourth-order valence-electron chi connectivity index (χ4n) is 1.90. The number of hydrogen-bond acceptors (Lipinski definition) is 5. The van der Waals surface area contributed by atoms with Crippen LogP contribution in [0.15, 0.2) is 18.3 Å². The van der Waals surface area contributed by atoms with E-state index in [-0.39, 0.29) is 11.4 Å². The zero-order valence-corrected chi connectivity index (χ0v) is 9.98. The van der Waals surface area contributed by atoms with E-state index in [0.717, 1.165) is 25.3 Å². The van der Waals surface area contributed by atoms with Crippen LogP contribution in [0.5, 0.6) is 5.75 Å². The van der Waals surface area contributed by atoms with Crippen molar-refractivity contribution in [1.29, 1.82) is 0 Å². The molecule has 94 valence electrons. The summed E-state index contributed by atoms with van der Waals surface area (Å²) in [5.41, 5.74) is 0.699. The highest BCUT2D eigenvalue weighted by Crippen LogP contribution is 2.21. The Kier molecular flexibility index (Phi) is 3.93. The van der Waals surface area contributed by atoms with E-state index in [4.69, 9.17) is 14.6 Å². The number of rotatable bonds is 5. The quantitative estimate of drug-likeness (QED) is 0.790. The Balaban J connectivity index is 1.80. The van der Waals surface area contributed by atoms with Crippen molar-refractivity contribution in [1.82, 2.24) is 10.3 Å². The third-order valence-electron chi connectivity index (χ3n) is 3.06. The summed E-state index contributed by atoms with van der Waals surface area (Å²) >= 11 is 0. The van der Waals surface area contributed by atoms with Crippen molar-refractivity contribution < 1.29 is 14.6 Å². The molecule has 1 aromatic rings. The van der Waals surface area contributed by atoms with Crippen molar-refractivity contribution in [2.24, 2.45) is 0 Å². The Morgan fingerprint density at radius 2 is 2.47 bits per heavy atom. The van der Waals surface area contributed by atoms with Gasteiger partial charge in [-0.3, -0.25) is 4.98 Å². The van der Waals surface area contributed by atoms with Gasteiger partial charge in [0.15, 0.2) is 0 Å². The van der Waals surface area contributed by atoms with E-state index in [0.29, 0.717) is 13.2 Å². The summed E-state index contributed by atoms with van der Waals surface area (Å²) in [7, 11) is 1.72. The summed E-state index contributed by atoms with van der Waals surface area (Å²) < 4.78 is 10.9. The molecule has 1 aliphatic rings. The second kappa shape index (κ2) is 5.44. The molecular formula is C12H18N2O3. The van der Waals surface area contributed by atoms with Crippen molar-refractivity contribution in [3.05, 3.63) is 24.0 Å². The molecule has 17 heavy (non-hydrogen) atoms. The van der Waals surface area contributed by atoms with Crippen LogP contribution >= 0.6 is 0 Å². The number of ether oxygens (including phenoxy) is 2. The molecule has 2 heterocycles. The maximum Gasteiger partial charge on any atom is 0.133 e. The monoisotopic (exact) mass is 238 g/mol. The van der Waals surface area contributed by atoms with Gasteiger partial charge in [-0.2, -0.15) is 0 Å². The molecule has 1 aliphatic heterocycles. The minimum absolute atomic E-state index is 0.186. The summed E-state index contributed by atoms with van der Waals surface area (Å²) in [4.78, 5) is 4.11. The smallest absolute Gasteiger partial charge is 0.133 e. The SMILES string of the molecule is COC1(CNCc2ccc(O)cn2)CCOC1. The molecule has 5 heteroatoms. The van der Waals surface area contributed by atoms with E-state index in [1.807, 2.05) is 0 Å². The van der Waals surface area contributed by atoms with Gasteiger partial charge in [0, 0.05) is 33.2 Å². The molecule has 2 N–H and O–H groups in total. The highest BCUT2D eigenvalue weighted by atomic mass is 16.5. The van der Waals surface area contributed by atoms with Gasteiger partial charge in [0.1, 0.15) is 11.4 Å². The second-order valence-corrected chi connectivity index (χ2v) is 4.30. The van der Waals surface area contributed by atoms with Gasteiger partial charge in [0.25, 0.3) is 0 Å². The fourth-order valence-corrected chi connectivity index (χ4v) is 1.90. The van der Waals surface area contributed by atoms with Crippen LogP contribution in [0.2, 0.25) is 0 Å². The van der Waals surface area contributed by atoms with Crippen molar-refractivity contribution in [2.75, 3.05) is 26.9 Å². The minimum atomic E-state index is -0.198. The number of pyridine rings is 1. The fraction of sp³-hybridized carbons (Fsp3) is 0.583. The van der Waals surface area contributed by atoms with Crippen molar-refractivity contribution in [3.63, 3.8) is 0 Å². The topological polar surface area (TPSA) is 63.6 Å². The molecule has 1 atom stereocenters. The maximum absolute atomic E-state index is 9.11. The number of nitrogens with zero attached hydrogens (tertiary/aromatic N) is 1. The van der Waals surface area contributed by atoms with Crippen LogP contribution in [0.25, 0.3) is 0 Å². The van der Waals surface area contributed by atoms with Crippen LogP contribution in [0.3, 0.4) is 0 Å². The molecule has 0 aliphatic carbocycles. The Morgan fingerprint density at radius 1 is 1.59 bits per heavy atom. The first-order valence-electron chi connectivity index (χ1n) is 5.72. The van der Waals surface area contributed by atoms with Crippen LogP contribution in [0, 0.1) is 0 Å². The molecule has 5 nitrogen and oxygen atoms in total. The largest absolute Gasteiger partial charge is 0.506 e. The van der Waals surface area contributed by atoms with Gasteiger partial charge in [0.05, 0.1) is 18.5 Å². The predicted molar refractivity (Wildman–Crippen MR) is 62.8 cm³/mol. The lowest BCUT2D eigenvalue weighted by molar-refractivity contribution is -0.0159.